The van der Waals surface area contributed by atoms with Gasteiger partial charge < -0.3 is 24.5 Å². The summed E-state index contributed by atoms with van der Waals surface area (Å²) in [5, 5.41) is 31.0. The molecular formula is C36H40O9. The fraction of sp³-hybridized carbons (Fsp3) is 0.500. The van der Waals surface area contributed by atoms with Crippen molar-refractivity contribution >= 4 is 28.3 Å². The smallest absolute Gasteiger partial charge is 0.202 e. The molecule has 2 saturated carbocycles. The van der Waals surface area contributed by atoms with Gasteiger partial charge in [0.15, 0.2) is 22.8 Å². The number of phenols is 2. The number of methoxy groups -OCH3 is 1. The second-order valence-electron chi connectivity index (χ2n) is 14.1. The van der Waals surface area contributed by atoms with Gasteiger partial charge in [0, 0.05) is 49.1 Å². The fourth-order valence-corrected chi connectivity index (χ4v) is 9.49. The van der Waals surface area contributed by atoms with Gasteiger partial charge in [0.1, 0.15) is 33.6 Å². The van der Waals surface area contributed by atoms with Gasteiger partial charge in [-0.2, -0.15) is 0 Å². The lowest BCUT2D eigenvalue weighted by molar-refractivity contribution is -0.141. The normalized spacial score (nSPS) is 35.0. The van der Waals surface area contributed by atoms with Gasteiger partial charge in [0.05, 0.1) is 7.11 Å². The average molecular weight is 617 g/mol. The number of aliphatic hydroxyl groups is 1. The van der Waals surface area contributed by atoms with Gasteiger partial charge in [-0.05, 0) is 60.8 Å². The molecule has 7 atom stereocenters. The van der Waals surface area contributed by atoms with Gasteiger partial charge in [0.25, 0.3) is 0 Å². The zero-order valence-corrected chi connectivity index (χ0v) is 26.1. The zero-order valence-electron chi connectivity index (χ0n) is 26.1. The Hall–Kier alpha value is -3.98. The number of Topliss-reactive ketones (excluding diaryl/α,β-unsaturated/α-hetero) is 2. The van der Waals surface area contributed by atoms with E-state index in [1.165, 1.54) is 25.3 Å². The van der Waals surface area contributed by atoms with E-state index in [4.69, 9.17) is 9.15 Å². The lowest BCUT2D eigenvalue weighted by atomic mass is 9.44. The topological polar surface area (TPSA) is 151 Å². The quantitative estimate of drug-likeness (QED) is 0.310. The largest absolute Gasteiger partial charge is 0.508 e. The van der Waals surface area contributed by atoms with E-state index >= 15 is 0 Å². The van der Waals surface area contributed by atoms with Gasteiger partial charge in [0.2, 0.25) is 5.78 Å². The summed E-state index contributed by atoms with van der Waals surface area (Å²) in [6, 6.07) is 3.40. The van der Waals surface area contributed by atoms with Crippen LogP contribution in [0.3, 0.4) is 0 Å². The van der Waals surface area contributed by atoms with Crippen molar-refractivity contribution in [1.82, 2.24) is 0 Å². The Morgan fingerprint density at radius 3 is 2.49 bits per heavy atom. The Kier molecular flexibility index (Phi) is 7.27. The van der Waals surface area contributed by atoms with Crippen LogP contribution in [-0.4, -0.2) is 46.4 Å². The Bertz CT molecular complexity index is 1780. The molecule has 4 aliphatic rings. The van der Waals surface area contributed by atoms with Crippen LogP contribution in [0.1, 0.15) is 65.1 Å². The highest BCUT2D eigenvalue weighted by molar-refractivity contribution is 6.14. The minimum absolute atomic E-state index is 0.0458. The number of allylic oxidation sites excluding steroid dienone is 5. The summed E-state index contributed by atoms with van der Waals surface area (Å²) in [5.41, 5.74) is -2.01. The fourth-order valence-electron chi connectivity index (χ4n) is 9.49. The van der Waals surface area contributed by atoms with Crippen molar-refractivity contribution in [3.05, 3.63) is 69.8 Å². The predicted octanol–water partition coefficient (Wildman–Crippen LogP) is 5.05. The first-order valence-electron chi connectivity index (χ1n) is 15.6. The molecule has 9 nitrogen and oxygen atoms in total. The van der Waals surface area contributed by atoms with E-state index in [0.717, 1.165) is 30.9 Å². The lowest BCUT2D eigenvalue weighted by Gasteiger charge is -2.59. The predicted molar refractivity (Wildman–Crippen MR) is 165 cm³/mol. The molecule has 9 heteroatoms. The van der Waals surface area contributed by atoms with Crippen molar-refractivity contribution in [1.29, 1.82) is 0 Å². The number of phenolic OH excluding ortho intramolecular Hbond substituents is 2. The number of carbonyl (C=O) groups excluding carboxylic acids is 3. The van der Waals surface area contributed by atoms with Crippen molar-refractivity contribution in [2.45, 2.75) is 64.7 Å². The lowest BCUT2D eigenvalue weighted by Crippen LogP contribution is -2.59. The summed E-state index contributed by atoms with van der Waals surface area (Å²) in [6.45, 7) is 10.3. The van der Waals surface area contributed by atoms with Crippen LogP contribution in [0.15, 0.2) is 63.0 Å². The molecule has 7 unspecified atom stereocenters. The number of fused-ring (bicyclic) bond motifs is 3. The molecule has 1 heterocycles. The maximum atomic E-state index is 14.6. The molecule has 2 aromatic rings. The van der Waals surface area contributed by atoms with Gasteiger partial charge in [-0.1, -0.05) is 38.5 Å². The molecule has 3 N–H and O–H groups in total. The number of hydrogen-bond donors (Lipinski definition) is 3. The standard InChI is InChI=1S/C36H40O9/c1-18-7-8-21-33(43)28(44-5)16-30(42)36(21,31-15-26(41)32-25(40)11-20(38)12-27(32)45-31)22(18)13-23-19(2)24(39)14-29-34(3,17-37)9-6-10-35(23,29)4/h7,11-12,15-16,21-23,29,37-38,40H,2,6,8-10,13-14,17H2,1,3-5H3. The molecule has 0 bridgehead atoms. The Labute approximate surface area is 261 Å². The second-order valence-corrected chi connectivity index (χ2v) is 14.1. The summed E-state index contributed by atoms with van der Waals surface area (Å²) in [6.07, 6.45) is 6.32. The number of hydrogen-bond acceptors (Lipinski definition) is 9. The molecule has 6 rings (SSSR count). The molecule has 4 aliphatic carbocycles. The third kappa shape index (κ3) is 4.30. The number of ether oxygens (including phenoxy) is 1. The molecule has 0 radical (unpaired) electrons. The van der Waals surface area contributed by atoms with E-state index in [1.807, 2.05) is 19.9 Å². The SMILES string of the molecule is C=C1C(=O)CC2C(C)(CO)CCCC2(C)C1CC1C(C)=CCC2C(=O)C(OC)=CC(=O)C21c1cc(=O)c2c(O)cc(O)cc2o1. The first-order valence-corrected chi connectivity index (χ1v) is 15.6. The van der Waals surface area contributed by atoms with Gasteiger partial charge in [-0.25, -0.2) is 0 Å². The maximum absolute atomic E-state index is 14.6. The summed E-state index contributed by atoms with van der Waals surface area (Å²) in [4.78, 5) is 55.7. The van der Waals surface area contributed by atoms with E-state index in [9.17, 15) is 34.5 Å². The van der Waals surface area contributed by atoms with Crippen LogP contribution in [0, 0.1) is 34.5 Å². The molecule has 1 aromatic carbocycles. The van der Waals surface area contributed by atoms with E-state index in [0.29, 0.717) is 12.0 Å². The van der Waals surface area contributed by atoms with Crippen LogP contribution >= 0.6 is 0 Å². The van der Waals surface area contributed by atoms with Crippen molar-refractivity contribution in [3.63, 3.8) is 0 Å². The summed E-state index contributed by atoms with van der Waals surface area (Å²) >= 11 is 0. The molecule has 0 saturated heterocycles. The third-order valence-corrected chi connectivity index (χ3v) is 11.9. The van der Waals surface area contributed by atoms with E-state index in [-0.39, 0.29) is 65.3 Å². The van der Waals surface area contributed by atoms with Crippen molar-refractivity contribution in [2.24, 2.45) is 34.5 Å². The van der Waals surface area contributed by atoms with Crippen LogP contribution in [0.2, 0.25) is 0 Å². The summed E-state index contributed by atoms with van der Waals surface area (Å²) in [7, 11) is 1.33. The number of carbonyl (C=O) groups is 3. The number of aromatic hydroxyl groups is 2. The van der Waals surface area contributed by atoms with Crippen LogP contribution in [0.25, 0.3) is 11.0 Å². The first kappa shape index (κ1) is 31.0. The van der Waals surface area contributed by atoms with Gasteiger partial charge in [-0.15, -0.1) is 0 Å². The van der Waals surface area contributed by atoms with Crippen molar-refractivity contribution < 1.29 is 38.9 Å². The molecular weight excluding hydrogens is 576 g/mol. The molecule has 0 amide bonds. The van der Waals surface area contributed by atoms with Crippen molar-refractivity contribution in [2.75, 3.05) is 13.7 Å². The molecule has 45 heavy (non-hydrogen) atoms. The van der Waals surface area contributed by atoms with E-state index in [1.54, 1.807) is 0 Å². The molecule has 238 valence electrons. The second kappa shape index (κ2) is 10.5. The summed E-state index contributed by atoms with van der Waals surface area (Å²) < 4.78 is 11.6. The summed E-state index contributed by atoms with van der Waals surface area (Å²) in [5.74, 6) is -4.01. The third-order valence-electron chi connectivity index (χ3n) is 11.9. The minimum Gasteiger partial charge on any atom is -0.508 e. The van der Waals surface area contributed by atoms with Gasteiger partial charge in [-0.3, -0.25) is 19.2 Å². The van der Waals surface area contributed by atoms with Gasteiger partial charge >= 0.3 is 0 Å². The Morgan fingerprint density at radius 2 is 1.80 bits per heavy atom. The van der Waals surface area contributed by atoms with E-state index in [2.05, 4.69) is 13.5 Å². The Morgan fingerprint density at radius 1 is 1.07 bits per heavy atom. The molecule has 0 aliphatic heterocycles. The maximum Gasteiger partial charge on any atom is 0.202 e. The highest BCUT2D eigenvalue weighted by atomic mass is 16.5. The number of benzene rings is 1. The van der Waals surface area contributed by atoms with Crippen LogP contribution in [0.5, 0.6) is 11.5 Å². The minimum atomic E-state index is -1.67. The molecule has 1 aromatic heterocycles. The highest BCUT2D eigenvalue weighted by Gasteiger charge is 2.63. The molecule has 0 spiro atoms. The monoisotopic (exact) mass is 616 g/mol. The van der Waals surface area contributed by atoms with Crippen LogP contribution in [-0.2, 0) is 24.5 Å². The Balaban J connectivity index is 1.59. The average Bonchev–Trinajstić information content (AvgIpc) is 2.98. The number of aliphatic hydroxyl groups excluding tert-OH is 1. The zero-order chi connectivity index (χ0) is 32.6. The number of ketones is 3. The highest BCUT2D eigenvalue weighted by Crippen LogP contribution is 2.63. The first-order chi connectivity index (χ1) is 21.2. The van der Waals surface area contributed by atoms with Crippen molar-refractivity contribution in [3.8, 4) is 11.5 Å². The van der Waals surface area contributed by atoms with Crippen LogP contribution < -0.4 is 5.43 Å². The van der Waals surface area contributed by atoms with E-state index < -0.39 is 50.8 Å². The van der Waals surface area contributed by atoms with Crippen LogP contribution in [0.4, 0.5) is 0 Å². The number of rotatable bonds is 5. The molecule has 2 fully saturated rings.